The average Bonchev–Trinajstić information content (AvgIpc) is 2.51. The third-order valence-electron chi connectivity index (χ3n) is 2.08. The van der Waals surface area contributed by atoms with Crippen molar-refractivity contribution in [1.82, 2.24) is 9.78 Å². The lowest BCUT2D eigenvalue weighted by Gasteiger charge is -2.04. The molecular weight excluding hydrogens is 221 g/mol. The first-order valence-electron chi connectivity index (χ1n) is 4.42. The number of hydrogen-bond donors (Lipinski definition) is 1. The first-order chi connectivity index (χ1) is 7.49. The second-order valence-corrected chi connectivity index (χ2v) is 3.33. The zero-order valence-corrected chi connectivity index (χ0v) is 8.22. The summed E-state index contributed by atoms with van der Waals surface area (Å²) in [6.45, 7) is 1.59. The van der Waals surface area contributed by atoms with E-state index >= 15 is 0 Å². The first kappa shape index (κ1) is 10.5. The van der Waals surface area contributed by atoms with Gasteiger partial charge in [-0.2, -0.15) is 0 Å². The Kier molecular flexibility index (Phi) is 2.34. The van der Waals surface area contributed by atoms with E-state index in [1.54, 1.807) is 6.92 Å². The van der Waals surface area contributed by atoms with Gasteiger partial charge in [0.05, 0.1) is 0 Å². The molecule has 2 rings (SSSR count). The fourth-order valence-corrected chi connectivity index (χ4v) is 1.38. The van der Waals surface area contributed by atoms with Gasteiger partial charge in [-0.3, -0.25) is 9.89 Å². The normalized spacial score (nSPS) is 10.8. The summed E-state index contributed by atoms with van der Waals surface area (Å²) < 4.78 is 39.7. The number of nitrogens with zero attached hydrogens (tertiary/aromatic N) is 1. The molecule has 0 atom stereocenters. The van der Waals surface area contributed by atoms with Gasteiger partial charge in [0.2, 0.25) is 0 Å². The smallest absolute Gasteiger partial charge is 0.271 e. The molecule has 0 saturated heterocycles. The van der Waals surface area contributed by atoms with Gasteiger partial charge in [0.15, 0.2) is 17.5 Å². The van der Waals surface area contributed by atoms with Crippen molar-refractivity contribution in [2.75, 3.05) is 0 Å². The standard InChI is InChI=1S/C10H7F3N2O/c1-5-2-10(16)15(14-5)9-4-7(12)6(11)3-8(9)13/h2-4,14H,1H3. The largest absolute Gasteiger partial charge is 0.295 e. The number of aromatic amines is 1. The van der Waals surface area contributed by atoms with Crippen LogP contribution in [0.1, 0.15) is 5.69 Å². The van der Waals surface area contributed by atoms with Crippen LogP contribution in [0.2, 0.25) is 0 Å². The molecular formula is C10H7F3N2O. The zero-order valence-electron chi connectivity index (χ0n) is 8.22. The van der Waals surface area contributed by atoms with Gasteiger partial charge in [-0.1, -0.05) is 0 Å². The van der Waals surface area contributed by atoms with E-state index < -0.39 is 23.0 Å². The Morgan fingerprint density at radius 2 is 1.69 bits per heavy atom. The maximum Gasteiger partial charge on any atom is 0.271 e. The Morgan fingerprint density at radius 1 is 1.06 bits per heavy atom. The van der Waals surface area contributed by atoms with Crippen LogP contribution in [0.3, 0.4) is 0 Å². The van der Waals surface area contributed by atoms with Crippen LogP contribution in [0.4, 0.5) is 13.2 Å². The predicted octanol–water partition coefficient (Wildman–Crippen LogP) is 1.89. The lowest BCUT2D eigenvalue weighted by molar-refractivity contribution is 0.491. The van der Waals surface area contributed by atoms with Crippen molar-refractivity contribution < 1.29 is 13.2 Å². The van der Waals surface area contributed by atoms with E-state index in [-0.39, 0.29) is 5.69 Å². The maximum atomic E-state index is 13.3. The molecule has 0 fully saturated rings. The number of rotatable bonds is 1. The van der Waals surface area contributed by atoms with Crippen LogP contribution in [0, 0.1) is 24.4 Å². The van der Waals surface area contributed by atoms with Crippen molar-refractivity contribution in [3.63, 3.8) is 0 Å². The number of hydrogen-bond acceptors (Lipinski definition) is 1. The number of aromatic nitrogens is 2. The van der Waals surface area contributed by atoms with Crippen LogP contribution in [-0.4, -0.2) is 9.78 Å². The van der Waals surface area contributed by atoms with Crippen molar-refractivity contribution in [2.24, 2.45) is 0 Å². The maximum absolute atomic E-state index is 13.3. The number of H-pyrrole nitrogens is 1. The van der Waals surface area contributed by atoms with E-state index in [0.717, 1.165) is 4.68 Å². The average molecular weight is 228 g/mol. The number of aryl methyl sites for hydroxylation is 1. The number of nitrogens with one attached hydrogen (secondary N) is 1. The minimum atomic E-state index is -1.29. The van der Waals surface area contributed by atoms with E-state index in [0.29, 0.717) is 17.8 Å². The molecule has 3 nitrogen and oxygen atoms in total. The molecule has 0 unspecified atom stereocenters. The zero-order chi connectivity index (χ0) is 11.9. The molecule has 0 bridgehead atoms. The van der Waals surface area contributed by atoms with Gasteiger partial charge in [0.1, 0.15) is 5.69 Å². The van der Waals surface area contributed by atoms with Crippen LogP contribution >= 0.6 is 0 Å². The Bertz CT molecular complexity index is 601. The summed E-state index contributed by atoms with van der Waals surface area (Å²) in [7, 11) is 0. The van der Waals surface area contributed by atoms with Gasteiger partial charge in [-0.25, -0.2) is 17.9 Å². The Hall–Kier alpha value is -1.98. The Morgan fingerprint density at radius 3 is 2.25 bits per heavy atom. The summed E-state index contributed by atoms with van der Waals surface area (Å²) in [6, 6.07) is 2.25. The van der Waals surface area contributed by atoms with Crippen molar-refractivity contribution in [2.45, 2.75) is 6.92 Å². The molecule has 0 amide bonds. The van der Waals surface area contributed by atoms with Crippen molar-refractivity contribution in [3.8, 4) is 5.69 Å². The van der Waals surface area contributed by atoms with Crippen LogP contribution in [0.5, 0.6) is 0 Å². The molecule has 16 heavy (non-hydrogen) atoms. The number of benzene rings is 1. The van der Waals surface area contributed by atoms with E-state index in [9.17, 15) is 18.0 Å². The van der Waals surface area contributed by atoms with Crippen molar-refractivity contribution in [3.05, 3.63) is 51.7 Å². The summed E-state index contributed by atoms with van der Waals surface area (Å²) in [6.07, 6.45) is 0. The minimum absolute atomic E-state index is 0.350. The lowest BCUT2D eigenvalue weighted by atomic mass is 10.3. The molecule has 1 aromatic carbocycles. The van der Waals surface area contributed by atoms with Crippen LogP contribution < -0.4 is 5.56 Å². The molecule has 0 aliphatic carbocycles. The molecule has 1 aromatic heterocycles. The summed E-state index contributed by atoms with van der Waals surface area (Å²) in [5, 5.41) is 2.52. The highest BCUT2D eigenvalue weighted by Crippen LogP contribution is 2.15. The molecule has 0 radical (unpaired) electrons. The SMILES string of the molecule is Cc1cc(=O)n(-c2cc(F)c(F)cc2F)[nH]1. The first-order valence-corrected chi connectivity index (χ1v) is 4.42. The molecule has 0 aliphatic rings. The second-order valence-electron chi connectivity index (χ2n) is 3.33. The Labute approximate surface area is 88.1 Å². The van der Waals surface area contributed by atoms with Crippen molar-refractivity contribution in [1.29, 1.82) is 0 Å². The van der Waals surface area contributed by atoms with E-state index in [4.69, 9.17) is 0 Å². The van der Waals surface area contributed by atoms with E-state index in [1.165, 1.54) is 6.07 Å². The molecule has 1 heterocycles. The lowest BCUT2D eigenvalue weighted by Crippen LogP contribution is -2.15. The molecule has 0 aliphatic heterocycles. The molecule has 0 spiro atoms. The second kappa shape index (κ2) is 3.55. The highest BCUT2D eigenvalue weighted by molar-refractivity contribution is 5.34. The fourth-order valence-electron chi connectivity index (χ4n) is 1.38. The third kappa shape index (κ3) is 1.62. The van der Waals surface area contributed by atoms with E-state index in [2.05, 4.69) is 5.10 Å². The van der Waals surface area contributed by atoms with E-state index in [1.807, 2.05) is 0 Å². The molecule has 0 saturated carbocycles. The van der Waals surface area contributed by atoms with Crippen LogP contribution in [0.15, 0.2) is 23.0 Å². The summed E-state index contributed by atoms with van der Waals surface area (Å²) in [5.74, 6) is -3.52. The third-order valence-corrected chi connectivity index (χ3v) is 2.08. The van der Waals surface area contributed by atoms with Gasteiger partial charge in [-0.15, -0.1) is 0 Å². The van der Waals surface area contributed by atoms with Gasteiger partial charge in [0.25, 0.3) is 5.56 Å². The predicted molar refractivity (Wildman–Crippen MR) is 51.0 cm³/mol. The quantitative estimate of drug-likeness (QED) is 0.743. The monoisotopic (exact) mass is 228 g/mol. The summed E-state index contributed by atoms with van der Waals surface area (Å²) in [4.78, 5) is 11.3. The highest BCUT2D eigenvalue weighted by atomic mass is 19.2. The highest BCUT2D eigenvalue weighted by Gasteiger charge is 2.13. The molecule has 84 valence electrons. The van der Waals surface area contributed by atoms with Crippen LogP contribution in [0.25, 0.3) is 5.69 Å². The van der Waals surface area contributed by atoms with Gasteiger partial charge >= 0.3 is 0 Å². The molecule has 6 heteroatoms. The number of halogens is 3. The van der Waals surface area contributed by atoms with Crippen molar-refractivity contribution >= 4 is 0 Å². The summed E-state index contributed by atoms with van der Waals surface area (Å²) >= 11 is 0. The molecule has 1 N–H and O–H groups in total. The Balaban J connectivity index is 2.69. The van der Waals surface area contributed by atoms with Gasteiger partial charge < -0.3 is 0 Å². The summed E-state index contributed by atoms with van der Waals surface area (Å²) in [5.41, 5.74) is -0.395. The molecule has 2 aromatic rings. The fraction of sp³-hybridized carbons (Fsp3) is 0.100. The van der Waals surface area contributed by atoms with Gasteiger partial charge in [0, 0.05) is 23.9 Å². The van der Waals surface area contributed by atoms with Crippen LogP contribution in [-0.2, 0) is 0 Å². The topological polar surface area (TPSA) is 37.8 Å². The minimum Gasteiger partial charge on any atom is -0.295 e. The van der Waals surface area contributed by atoms with Gasteiger partial charge in [-0.05, 0) is 6.92 Å².